The molecule has 1 heterocycles. The fourth-order valence-corrected chi connectivity index (χ4v) is 3.03. The summed E-state index contributed by atoms with van der Waals surface area (Å²) in [6.45, 7) is 6.80. The van der Waals surface area contributed by atoms with Gasteiger partial charge in [-0.15, -0.1) is 0 Å². The minimum atomic E-state index is -2.91. The number of ketones is 1. The number of Topliss-reactive ketones (excluding diaryl/α,β-unsaturated/α-hetero) is 1. The Morgan fingerprint density at radius 1 is 1.09 bits per heavy atom. The zero-order valence-corrected chi connectivity index (χ0v) is 19.0. The van der Waals surface area contributed by atoms with Gasteiger partial charge in [-0.05, 0) is 51.1 Å². The number of esters is 1. The number of alkyl halides is 2. The number of nitrogens with zero attached hydrogens (tertiary/aromatic N) is 1. The van der Waals surface area contributed by atoms with E-state index in [1.165, 1.54) is 19.1 Å². The van der Waals surface area contributed by atoms with Gasteiger partial charge in [0, 0.05) is 28.1 Å². The average molecular weight is 450 g/mol. The van der Waals surface area contributed by atoms with E-state index < -0.39 is 36.4 Å². The maximum absolute atomic E-state index is 12.7. The fraction of sp³-hybridized carbons (Fsp3) is 0.435. The number of ether oxygens (including phenoxy) is 2. The predicted octanol–water partition coefficient (Wildman–Crippen LogP) is 3.97. The number of hydrogen-bond acceptors (Lipinski definition) is 5. The van der Waals surface area contributed by atoms with Crippen molar-refractivity contribution in [3.63, 3.8) is 0 Å². The minimum Gasteiger partial charge on any atom is -0.456 e. The molecule has 1 aromatic carbocycles. The topological polar surface area (TPSA) is 86.6 Å². The predicted molar refractivity (Wildman–Crippen MR) is 114 cm³/mol. The zero-order valence-electron chi connectivity index (χ0n) is 19.0. The fourth-order valence-electron chi connectivity index (χ4n) is 3.03. The second-order valence-electron chi connectivity index (χ2n) is 8.47. The minimum absolute atomic E-state index is 0.0297. The number of nitrogens with one attached hydrogen (secondary N) is 1. The Labute approximate surface area is 185 Å². The van der Waals surface area contributed by atoms with E-state index in [0.717, 1.165) is 5.69 Å². The Morgan fingerprint density at radius 2 is 1.69 bits per heavy atom. The SMILES string of the molecule is Cc1cc(C(=O)COC(=O)[C@@H](C)NC(=O)C(C)(C)C)c(C)n1-c1ccc(OC(F)F)cc1. The lowest BCUT2D eigenvalue weighted by molar-refractivity contribution is -0.147. The van der Waals surface area contributed by atoms with Crippen LogP contribution in [0.4, 0.5) is 8.78 Å². The molecule has 0 unspecified atom stereocenters. The Bertz CT molecular complexity index is 991. The van der Waals surface area contributed by atoms with Crippen molar-refractivity contribution in [2.45, 2.75) is 54.2 Å². The molecule has 1 atom stereocenters. The van der Waals surface area contributed by atoms with E-state index in [2.05, 4.69) is 10.1 Å². The quantitative estimate of drug-likeness (QED) is 0.486. The number of carbonyl (C=O) groups is 3. The lowest BCUT2D eigenvalue weighted by atomic mass is 9.95. The Hall–Kier alpha value is -3.23. The Morgan fingerprint density at radius 3 is 2.22 bits per heavy atom. The van der Waals surface area contributed by atoms with E-state index in [9.17, 15) is 23.2 Å². The summed E-state index contributed by atoms with van der Waals surface area (Å²) in [6.07, 6.45) is 0. The smallest absolute Gasteiger partial charge is 0.387 e. The van der Waals surface area contributed by atoms with Gasteiger partial charge in [0.1, 0.15) is 11.8 Å². The first kappa shape index (κ1) is 25.0. The van der Waals surface area contributed by atoms with Crippen LogP contribution in [0.5, 0.6) is 5.75 Å². The van der Waals surface area contributed by atoms with Gasteiger partial charge >= 0.3 is 12.6 Å². The van der Waals surface area contributed by atoms with Gasteiger partial charge in [-0.1, -0.05) is 20.8 Å². The highest BCUT2D eigenvalue weighted by atomic mass is 19.3. The third-order valence-electron chi connectivity index (χ3n) is 4.78. The first-order valence-electron chi connectivity index (χ1n) is 10.1. The summed E-state index contributed by atoms with van der Waals surface area (Å²) in [7, 11) is 0. The molecule has 0 radical (unpaired) electrons. The maximum Gasteiger partial charge on any atom is 0.387 e. The van der Waals surface area contributed by atoms with Gasteiger partial charge in [0.05, 0.1) is 0 Å². The van der Waals surface area contributed by atoms with Gasteiger partial charge in [-0.2, -0.15) is 8.78 Å². The zero-order chi connectivity index (χ0) is 24.2. The second-order valence-corrected chi connectivity index (χ2v) is 8.47. The molecule has 1 amide bonds. The normalized spacial score (nSPS) is 12.4. The highest BCUT2D eigenvalue weighted by Crippen LogP contribution is 2.24. The van der Waals surface area contributed by atoms with Crippen LogP contribution in [0, 0.1) is 19.3 Å². The molecule has 2 rings (SSSR count). The molecule has 0 aliphatic carbocycles. The highest BCUT2D eigenvalue weighted by molar-refractivity contribution is 5.99. The Balaban J connectivity index is 2.07. The Kier molecular flexibility index (Phi) is 7.77. The molecule has 0 spiro atoms. The molecule has 0 bridgehead atoms. The molecule has 174 valence electrons. The molecule has 0 saturated heterocycles. The molecule has 7 nitrogen and oxygen atoms in total. The third kappa shape index (κ3) is 6.15. The summed E-state index contributed by atoms with van der Waals surface area (Å²) in [5.74, 6) is -1.38. The van der Waals surface area contributed by atoms with Crippen LogP contribution in [0.2, 0.25) is 0 Å². The number of halogens is 2. The first-order chi connectivity index (χ1) is 14.8. The van der Waals surface area contributed by atoms with Crippen LogP contribution in [-0.4, -0.2) is 41.5 Å². The van der Waals surface area contributed by atoms with Crippen molar-refractivity contribution in [2.75, 3.05) is 6.61 Å². The summed E-state index contributed by atoms with van der Waals surface area (Å²) < 4.78 is 35.9. The summed E-state index contributed by atoms with van der Waals surface area (Å²) in [4.78, 5) is 36.8. The molecular formula is C23H28F2N2O5. The van der Waals surface area contributed by atoms with Crippen LogP contribution in [0.3, 0.4) is 0 Å². The van der Waals surface area contributed by atoms with Gasteiger partial charge < -0.3 is 19.4 Å². The lowest BCUT2D eigenvalue weighted by Gasteiger charge is -2.20. The van der Waals surface area contributed by atoms with Crippen molar-refractivity contribution < 1.29 is 32.6 Å². The summed E-state index contributed by atoms with van der Waals surface area (Å²) in [5, 5.41) is 2.56. The number of rotatable bonds is 8. The van der Waals surface area contributed by atoms with E-state index in [0.29, 0.717) is 16.9 Å². The molecule has 0 fully saturated rings. The summed E-state index contributed by atoms with van der Waals surface area (Å²) in [6, 6.07) is 6.81. The van der Waals surface area contributed by atoms with E-state index in [-0.39, 0.29) is 11.7 Å². The monoisotopic (exact) mass is 450 g/mol. The first-order valence-corrected chi connectivity index (χ1v) is 10.1. The molecule has 1 aromatic heterocycles. The molecule has 9 heteroatoms. The van der Waals surface area contributed by atoms with Crippen molar-refractivity contribution >= 4 is 17.7 Å². The van der Waals surface area contributed by atoms with Crippen LogP contribution in [0.25, 0.3) is 5.69 Å². The molecule has 32 heavy (non-hydrogen) atoms. The standard InChI is InChI=1S/C23H28F2N2O5/c1-13-11-18(15(3)27(13)16-7-9-17(10-8-16)32-22(24)25)19(28)12-31-20(29)14(2)26-21(30)23(4,5)6/h7-11,14,22H,12H2,1-6H3,(H,26,30)/t14-/m1/s1. The van der Waals surface area contributed by atoms with Crippen LogP contribution < -0.4 is 10.1 Å². The van der Waals surface area contributed by atoms with E-state index in [1.807, 2.05) is 0 Å². The molecule has 2 aromatic rings. The highest BCUT2D eigenvalue weighted by Gasteiger charge is 2.26. The van der Waals surface area contributed by atoms with Crippen molar-refractivity contribution in [3.8, 4) is 11.4 Å². The number of aromatic nitrogens is 1. The molecule has 0 aliphatic rings. The van der Waals surface area contributed by atoms with Gasteiger partial charge in [-0.25, -0.2) is 4.79 Å². The number of carbonyl (C=O) groups excluding carboxylic acids is 3. The number of hydrogen-bond donors (Lipinski definition) is 1. The van der Waals surface area contributed by atoms with Gasteiger partial charge in [0.25, 0.3) is 0 Å². The number of benzene rings is 1. The maximum atomic E-state index is 12.7. The van der Waals surface area contributed by atoms with Crippen molar-refractivity contribution in [3.05, 3.63) is 47.3 Å². The lowest BCUT2D eigenvalue weighted by Crippen LogP contribution is -2.45. The van der Waals surface area contributed by atoms with Crippen molar-refractivity contribution in [1.29, 1.82) is 0 Å². The van der Waals surface area contributed by atoms with E-state index in [4.69, 9.17) is 4.74 Å². The van der Waals surface area contributed by atoms with Gasteiger partial charge in [0.2, 0.25) is 11.7 Å². The van der Waals surface area contributed by atoms with Crippen LogP contribution in [-0.2, 0) is 14.3 Å². The third-order valence-corrected chi connectivity index (χ3v) is 4.78. The van der Waals surface area contributed by atoms with E-state index >= 15 is 0 Å². The van der Waals surface area contributed by atoms with E-state index in [1.54, 1.807) is 57.4 Å². The van der Waals surface area contributed by atoms with Crippen LogP contribution in [0.1, 0.15) is 49.4 Å². The van der Waals surface area contributed by atoms with Crippen LogP contribution in [0.15, 0.2) is 30.3 Å². The number of amides is 1. The largest absolute Gasteiger partial charge is 0.456 e. The molecule has 1 N–H and O–H groups in total. The van der Waals surface area contributed by atoms with Crippen molar-refractivity contribution in [1.82, 2.24) is 9.88 Å². The van der Waals surface area contributed by atoms with Gasteiger partial charge in [-0.3, -0.25) is 9.59 Å². The summed E-state index contributed by atoms with van der Waals surface area (Å²) in [5.41, 5.74) is 1.72. The molecular weight excluding hydrogens is 422 g/mol. The number of aryl methyl sites for hydroxylation is 1. The van der Waals surface area contributed by atoms with Crippen molar-refractivity contribution in [2.24, 2.45) is 5.41 Å². The molecule has 0 aliphatic heterocycles. The van der Waals surface area contributed by atoms with Crippen LogP contribution >= 0.6 is 0 Å². The molecule has 0 saturated carbocycles. The van der Waals surface area contributed by atoms with Gasteiger partial charge in [0.15, 0.2) is 6.61 Å². The average Bonchev–Trinajstić information content (AvgIpc) is 2.99. The second kappa shape index (κ2) is 9.93. The summed E-state index contributed by atoms with van der Waals surface area (Å²) >= 11 is 0.